The second-order valence-electron chi connectivity index (χ2n) is 5.82. The van der Waals surface area contributed by atoms with Gasteiger partial charge in [0.1, 0.15) is 24.2 Å². The van der Waals surface area contributed by atoms with Crippen LogP contribution in [0.15, 0.2) is 18.6 Å². The Balaban J connectivity index is 2.01. The Hall–Kier alpha value is -2.62. The van der Waals surface area contributed by atoms with E-state index in [1.165, 1.54) is 11.2 Å². The van der Waals surface area contributed by atoms with Gasteiger partial charge in [0.25, 0.3) is 0 Å². The van der Waals surface area contributed by atoms with E-state index >= 15 is 0 Å². The summed E-state index contributed by atoms with van der Waals surface area (Å²) in [6, 6.07) is 3.17. The molecule has 3 heterocycles. The second-order valence-corrected chi connectivity index (χ2v) is 5.82. The number of aromatic amines is 1. The molecule has 7 nitrogen and oxygen atoms in total. The number of nitrogens with zero attached hydrogens (tertiary/aromatic N) is 5. The number of nitriles is 1. The number of hydrogen-bond donors (Lipinski definition) is 1. The van der Waals surface area contributed by atoms with Crippen molar-refractivity contribution in [3.8, 4) is 6.07 Å². The summed E-state index contributed by atoms with van der Waals surface area (Å²) in [7, 11) is 0. The molecule has 2 atom stereocenters. The molecule has 2 aromatic rings. The third-order valence-electron chi connectivity index (χ3n) is 4.39. The first-order chi connectivity index (χ1) is 12.3. The standard InChI is InChI=1S/C16H20N6O/c1-11-5-8-22(14(23)3-6-17)9-13(11)21(2)16-12-4-7-18-15(12)19-10-20-16/h4,7,10-11,13H,3,5,8-9H2,1-2H3,(H,18,19,20)/t11-,13-/m1/s1/i2D3. The Morgan fingerprint density at radius 3 is 3.30 bits per heavy atom. The zero-order valence-electron chi connectivity index (χ0n) is 15.9. The number of amides is 1. The molecule has 0 aliphatic carbocycles. The minimum absolute atomic E-state index is 0.0468. The first kappa shape index (κ1) is 11.9. The van der Waals surface area contributed by atoms with Crippen molar-refractivity contribution >= 4 is 22.8 Å². The molecule has 0 saturated carbocycles. The van der Waals surface area contributed by atoms with E-state index in [0.717, 1.165) is 0 Å². The lowest BCUT2D eigenvalue weighted by Gasteiger charge is -2.42. The maximum Gasteiger partial charge on any atom is 0.236 e. The number of H-pyrrole nitrogens is 1. The number of fused-ring (bicyclic) bond motifs is 1. The third kappa shape index (κ3) is 2.84. The molecule has 2 aromatic heterocycles. The van der Waals surface area contributed by atoms with Gasteiger partial charge >= 0.3 is 0 Å². The van der Waals surface area contributed by atoms with Gasteiger partial charge in [0, 0.05) is 30.4 Å². The van der Waals surface area contributed by atoms with E-state index in [9.17, 15) is 4.79 Å². The van der Waals surface area contributed by atoms with E-state index in [4.69, 9.17) is 9.37 Å². The van der Waals surface area contributed by atoms with Crippen LogP contribution >= 0.6 is 0 Å². The average Bonchev–Trinajstić information content (AvgIpc) is 3.05. The van der Waals surface area contributed by atoms with Gasteiger partial charge in [-0.15, -0.1) is 0 Å². The van der Waals surface area contributed by atoms with Crippen molar-refractivity contribution in [3.63, 3.8) is 0 Å². The number of rotatable bonds is 3. The summed E-state index contributed by atoms with van der Waals surface area (Å²) in [6.45, 7) is 0.316. The normalized spacial score (nSPS) is 23.7. The minimum atomic E-state index is -2.43. The summed E-state index contributed by atoms with van der Waals surface area (Å²) >= 11 is 0. The van der Waals surface area contributed by atoms with E-state index in [1.54, 1.807) is 17.2 Å². The first-order valence-corrected chi connectivity index (χ1v) is 7.55. The van der Waals surface area contributed by atoms with Gasteiger partial charge in [0.05, 0.1) is 17.5 Å². The molecule has 1 N–H and O–H groups in total. The molecule has 0 unspecified atom stereocenters. The number of anilines is 1. The molecule has 1 amide bonds. The Bertz CT molecular complexity index is 842. The van der Waals surface area contributed by atoms with E-state index in [2.05, 4.69) is 15.0 Å². The highest BCUT2D eigenvalue weighted by Crippen LogP contribution is 2.28. The zero-order valence-corrected chi connectivity index (χ0v) is 12.9. The minimum Gasteiger partial charge on any atom is -0.354 e. The molecule has 1 saturated heterocycles. The highest BCUT2D eigenvalue weighted by molar-refractivity contribution is 5.87. The summed E-state index contributed by atoms with van der Waals surface area (Å²) in [4.78, 5) is 26.4. The second kappa shape index (κ2) is 6.24. The van der Waals surface area contributed by atoms with Crippen molar-refractivity contribution in [2.45, 2.75) is 25.8 Å². The maximum atomic E-state index is 12.1. The molecular formula is C16H20N6O. The first-order valence-electron chi connectivity index (χ1n) is 9.05. The molecule has 3 rings (SSSR count). The fourth-order valence-electron chi connectivity index (χ4n) is 3.00. The molecular weight excluding hydrogens is 292 g/mol. The lowest BCUT2D eigenvalue weighted by Crippen LogP contribution is -2.52. The number of carbonyl (C=O) groups is 1. The fourth-order valence-corrected chi connectivity index (χ4v) is 3.00. The predicted molar refractivity (Wildman–Crippen MR) is 86.7 cm³/mol. The molecule has 0 bridgehead atoms. The van der Waals surface area contributed by atoms with E-state index in [1.807, 2.05) is 13.0 Å². The number of carbonyl (C=O) groups excluding carboxylic acids is 1. The Morgan fingerprint density at radius 1 is 1.65 bits per heavy atom. The predicted octanol–water partition coefficient (Wildman–Crippen LogP) is 1.54. The van der Waals surface area contributed by atoms with Crippen LogP contribution in [-0.2, 0) is 4.79 Å². The van der Waals surface area contributed by atoms with Crippen LogP contribution in [0.4, 0.5) is 5.82 Å². The maximum absolute atomic E-state index is 12.1. The molecule has 0 radical (unpaired) electrons. The molecule has 1 fully saturated rings. The highest BCUT2D eigenvalue weighted by Gasteiger charge is 2.32. The number of hydrogen-bond acceptors (Lipinski definition) is 5. The summed E-state index contributed by atoms with van der Waals surface area (Å²) in [6.07, 6.45) is 3.48. The summed E-state index contributed by atoms with van der Waals surface area (Å²) < 4.78 is 24.2. The number of nitrogens with one attached hydrogen (secondary N) is 1. The van der Waals surface area contributed by atoms with Gasteiger partial charge in [-0.1, -0.05) is 6.92 Å². The molecule has 1 aliphatic heterocycles. The highest BCUT2D eigenvalue weighted by atomic mass is 16.2. The molecule has 0 aromatic carbocycles. The topological polar surface area (TPSA) is 88.9 Å². The molecule has 23 heavy (non-hydrogen) atoms. The Labute approximate surface area is 139 Å². The molecule has 1 aliphatic rings. The fraction of sp³-hybridized carbons (Fsp3) is 0.500. The van der Waals surface area contributed by atoms with Gasteiger partial charge in [-0.05, 0) is 18.4 Å². The summed E-state index contributed by atoms with van der Waals surface area (Å²) in [5.41, 5.74) is 0.560. The van der Waals surface area contributed by atoms with Crippen LogP contribution in [-0.4, -0.2) is 51.9 Å². The van der Waals surface area contributed by atoms with Crippen molar-refractivity contribution in [2.24, 2.45) is 5.92 Å². The molecule has 120 valence electrons. The van der Waals surface area contributed by atoms with Crippen molar-refractivity contribution < 1.29 is 8.91 Å². The van der Waals surface area contributed by atoms with Crippen LogP contribution in [0.2, 0.25) is 0 Å². The zero-order chi connectivity index (χ0) is 18.9. The van der Waals surface area contributed by atoms with Crippen LogP contribution in [0.5, 0.6) is 0 Å². The van der Waals surface area contributed by atoms with Crippen LogP contribution in [0, 0.1) is 17.2 Å². The van der Waals surface area contributed by atoms with Crippen molar-refractivity contribution in [1.82, 2.24) is 19.9 Å². The average molecular weight is 315 g/mol. The van der Waals surface area contributed by atoms with E-state index in [0.29, 0.717) is 29.8 Å². The monoisotopic (exact) mass is 315 g/mol. The van der Waals surface area contributed by atoms with Crippen molar-refractivity contribution in [3.05, 3.63) is 18.6 Å². The number of likely N-dealkylation sites (tertiary alicyclic amines) is 1. The lowest BCUT2D eigenvalue weighted by molar-refractivity contribution is -0.131. The van der Waals surface area contributed by atoms with E-state index < -0.39 is 13.0 Å². The van der Waals surface area contributed by atoms with Crippen LogP contribution < -0.4 is 4.90 Å². The number of piperidine rings is 1. The third-order valence-corrected chi connectivity index (χ3v) is 4.39. The Kier molecular flexibility index (Phi) is 3.23. The number of aromatic nitrogens is 3. The largest absolute Gasteiger partial charge is 0.354 e. The Morgan fingerprint density at radius 2 is 2.52 bits per heavy atom. The number of likely N-dealkylation sites (N-methyl/N-ethyl adjacent to an activating group) is 1. The van der Waals surface area contributed by atoms with Crippen molar-refractivity contribution in [1.29, 1.82) is 5.26 Å². The summed E-state index contributed by atoms with van der Waals surface area (Å²) in [5.74, 6) is 0.0950. The van der Waals surface area contributed by atoms with Crippen molar-refractivity contribution in [2.75, 3.05) is 25.0 Å². The van der Waals surface area contributed by atoms with Gasteiger partial charge in [-0.2, -0.15) is 5.26 Å². The van der Waals surface area contributed by atoms with Crippen LogP contribution in [0.3, 0.4) is 0 Å². The van der Waals surface area contributed by atoms with Gasteiger partial charge in [-0.3, -0.25) is 4.79 Å². The molecule has 0 spiro atoms. The van der Waals surface area contributed by atoms with Gasteiger partial charge in [0.2, 0.25) is 5.91 Å². The van der Waals surface area contributed by atoms with Gasteiger partial charge in [0.15, 0.2) is 0 Å². The van der Waals surface area contributed by atoms with E-state index in [-0.39, 0.29) is 24.8 Å². The van der Waals surface area contributed by atoms with Crippen LogP contribution in [0.1, 0.15) is 23.9 Å². The van der Waals surface area contributed by atoms with Gasteiger partial charge < -0.3 is 14.8 Å². The molecule has 7 heteroatoms. The lowest BCUT2D eigenvalue weighted by atomic mass is 9.92. The summed E-state index contributed by atoms with van der Waals surface area (Å²) in [5, 5.41) is 9.40. The van der Waals surface area contributed by atoms with Gasteiger partial charge in [-0.25, -0.2) is 9.97 Å². The van der Waals surface area contributed by atoms with Crippen LogP contribution in [0.25, 0.3) is 11.0 Å². The quantitative estimate of drug-likeness (QED) is 0.928. The SMILES string of the molecule is [2H]C([2H])([2H])N(c1ncnc2[nH]ccc12)[C@@H]1CN(C(=O)CC#N)CC[C@H]1C. The smallest absolute Gasteiger partial charge is 0.236 e.